The molecule has 0 radical (unpaired) electrons. The molecule has 0 saturated carbocycles. The lowest BCUT2D eigenvalue weighted by Gasteiger charge is -2.41. The molecule has 34 heavy (non-hydrogen) atoms. The van der Waals surface area contributed by atoms with Crippen molar-refractivity contribution < 1.29 is 4.79 Å². The molecule has 1 aromatic heterocycles. The second-order valence-corrected chi connectivity index (χ2v) is 8.46. The number of nitrogens with two attached hydrogens (primary N) is 1. The first-order valence-electron chi connectivity index (χ1n) is 11.0. The first kappa shape index (κ1) is 21.8. The number of para-hydroxylation sites is 1. The maximum Gasteiger partial charge on any atom is 0.322 e. The minimum Gasteiger partial charge on any atom is -0.368 e. The number of rotatable bonds is 4. The quantitative estimate of drug-likeness (QED) is 0.452. The fraction of sp³-hybridized carbons (Fsp3) is 0.160. The fourth-order valence-electron chi connectivity index (χ4n) is 4.10. The molecule has 1 unspecified atom stereocenters. The van der Waals surface area contributed by atoms with Crippen LogP contribution >= 0.6 is 11.6 Å². The SMILES string of the molecule is Nc1nc(N2CCN(C(=O)Nc3ccc(Cl)cc3)C(c3ccccc3)C2)nn1-c1ccccc1. The zero-order valence-corrected chi connectivity index (χ0v) is 19.1. The third-order valence-electron chi connectivity index (χ3n) is 5.83. The Labute approximate surface area is 202 Å². The Morgan fingerprint density at radius 1 is 0.941 bits per heavy atom. The molecule has 2 heterocycles. The molecule has 1 aliphatic heterocycles. The summed E-state index contributed by atoms with van der Waals surface area (Å²) in [5.41, 5.74) is 8.75. The Morgan fingerprint density at radius 3 is 2.32 bits per heavy atom. The highest BCUT2D eigenvalue weighted by Gasteiger charge is 2.33. The van der Waals surface area contributed by atoms with E-state index in [1.807, 2.05) is 65.6 Å². The zero-order chi connectivity index (χ0) is 23.5. The van der Waals surface area contributed by atoms with Crippen molar-refractivity contribution in [2.24, 2.45) is 0 Å². The van der Waals surface area contributed by atoms with Crippen molar-refractivity contribution in [1.29, 1.82) is 0 Å². The second-order valence-electron chi connectivity index (χ2n) is 8.02. The number of hydrogen-bond acceptors (Lipinski definition) is 5. The molecule has 1 atom stereocenters. The van der Waals surface area contributed by atoms with Crippen molar-refractivity contribution in [3.8, 4) is 5.69 Å². The largest absolute Gasteiger partial charge is 0.368 e. The predicted molar refractivity (Wildman–Crippen MR) is 134 cm³/mol. The molecular formula is C25H24ClN7O. The van der Waals surface area contributed by atoms with Crippen LogP contribution < -0.4 is 16.0 Å². The van der Waals surface area contributed by atoms with Crippen LogP contribution in [0.25, 0.3) is 5.69 Å². The first-order chi connectivity index (χ1) is 16.6. The summed E-state index contributed by atoms with van der Waals surface area (Å²) < 4.78 is 1.63. The van der Waals surface area contributed by atoms with E-state index in [1.165, 1.54) is 0 Å². The number of hydrogen-bond donors (Lipinski definition) is 2. The molecule has 3 aromatic carbocycles. The van der Waals surface area contributed by atoms with E-state index >= 15 is 0 Å². The highest BCUT2D eigenvalue weighted by atomic mass is 35.5. The molecule has 0 aliphatic carbocycles. The van der Waals surface area contributed by atoms with Gasteiger partial charge in [-0.15, -0.1) is 5.10 Å². The van der Waals surface area contributed by atoms with Crippen LogP contribution in [-0.2, 0) is 0 Å². The summed E-state index contributed by atoms with van der Waals surface area (Å²) in [7, 11) is 0. The third kappa shape index (κ3) is 4.53. The van der Waals surface area contributed by atoms with Gasteiger partial charge in [0.05, 0.1) is 11.7 Å². The van der Waals surface area contributed by atoms with E-state index in [0.717, 1.165) is 11.3 Å². The Balaban J connectivity index is 1.40. The number of nitrogens with one attached hydrogen (secondary N) is 1. The van der Waals surface area contributed by atoms with Gasteiger partial charge in [0.15, 0.2) is 0 Å². The summed E-state index contributed by atoms with van der Waals surface area (Å²) in [5, 5.41) is 8.26. The van der Waals surface area contributed by atoms with Gasteiger partial charge in [-0.3, -0.25) is 0 Å². The number of anilines is 3. The highest BCUT2D eigenvalue weighted by molar-refractivity contribution is 6.30. The van der Waals surface area contributed by atoms with Crippen LogP contribution in [0, 0.1) is 0 Å². The smallest absolute Gasteiger partial charge is 0.322 e. The monoisotopic (exact) mass is 473 g/mol. The summed E-state index contributed by atoms with van der Waals surface area (Å²) in [5.74, 6) is 0.861. The molecule has 8 nitrogen and oxygen atoms in total. The van der Waals surface area contributed by atoms with Gasteiger partial charge in [-0.1, -0.05) is 60.1 Å². The van der Waals surface area contributed by atoms with Gasteiger partial charge in [-0.2, -0.15) is 9.67 Å². The van der Waals surface area contributed by atoms with Gasteiger partial charge in [-0.05, 0) is 42.0 Å². The summed E-state index contributed by atoms with van der Waals surface area (Å²) in [4.78, 5) is 21.7. The topological polar surface area (TPSA) is 92.3 Å². The normalized spacial score (nSPS) is 15.9. The van der Waals surface area contributed by atoms with Gasteiger partial charge in [0.2, 0.25) is 11.9 Å². The molecule has 5 rings (SSSR count). The number of aromatic nitrogens is 3. The molecule has 1 saturated heterocycles. The number of carbonyl (C=O) groups is 1. The van der Waals surface area contributed by atoms with Crippen LogP contribution in [0.3, 0.4) is 0 Å². The Kier molecular flexibility index (Phi) is 6.05. The van der Waals surface area contributed by atoms with Gasteiger partial charge in [0.25, 0.3) is 0 Å². The van der Waals surface area contributed by atoms with Crippen LogP contribution in [-0.4, -0.2) is 45.3 Å². The summed E-state index contributed by atoms with van der Waals surface area (Å²) >= 11 is 5.98. The van der Waals surface area contributed by atoms with E-state index in [0.29, 0.717) is 42.2 Å². The molecule has 0 bridgehead atoms. The third-order valence-corrected chi connectivity index (χ3v) is 6.08. The van der Waals surface area contributed by atoms with E-state index in [2.05, 4.69) is 20.3 Å². The van der Waals surface area contributed by atoms with Crippen molar-refractivity contribution in [2.75, 3.05) is 35.6 Å². The van der Waals surface area contributed by atoms with Crippen molar-refractivity contribution in [2.45, 2.75) is 6.04 Å². The van der Waals surface area contributed by atoms with Crippen LogP contribution in [0.15, 0.2) is 84.9 Å². The van der Waals surface area contributed by atoms with Crippen LogP contribution in [0.2, 0.25) is 5.02 Å². The first-order valence-corrected chi connectivity index (χ1v) is 11.4. The maximum atomic E-state index is 13.2. The molecule has 172 valence electrons. The summed E-state index contributed by atoms with van der Waals surface area (Å²) in [6, 6.07) is 26.4. The Morgan fingerprint density at radius 2 is 1.62 bits per heavy atom. The van der Waals surface area contributed by atoms with Crippen LogP contribution in [0.1, 0.15) is 11.6 Å². The average Bonchev–Trinajstić information content (AvgIpc) is 3.27. The van der Waals surface area contributed by atoms with Gasteiger partial charge in [0.1, 0.15) is 0 Å². The van der Waals surface area contributed by atoms with Crippen LogP contribution in [0.5, 0.6) is 0 Å². The lowest BCUT2D eigenvalue weighted by atomic mass is 10.0. The minimum atomic E-state index is -0.188. The number of piperazine rings is 1. The predicted octanol–water partition coefficient (Wildman–Crippen LogP) is 4.60. The number of amides is 2. The lowest BCUT2D eigenvalue weighted by Crippen LogP contribution is -2.52. The highest BCUT2D eigenvalue weighted by Crippen LogP contribution is 2.29. The summed E-state index contributed by atoms with van der Waals surface area (Å²) in [6.45, 7) is 1.62. The molecule has 9 heteroatoms. The van der Waals surface area contributed by atoms with Crippen molar-refractivity contribution in [3.05, 3.63) is 95.5 Å². The molecule has 2 amide bonds. The van der Waals surface area contributed by atoms with E-state index in [4.69, 9.17) is 17.3 Å². The lowest BCUT2D eigenvalue weighted by molar-refractivity contribution is 0.179. The van der Waals surface area contributed by atoms with Crippen molar-refractivity contribution >= 4 is 35.2 Å². The molecule has 4 aromatic rings. The number of halogens is 1. The van der Waals surface area contributed by atoms with Crippen molar-refractivity contribution in [1.82, 2.24) is 19.7 Å². The average molecular weight is 474 g/mol. The maximum absolute atomic E-state index is 13.2. The second kappa shape index (κ2) is 9.44. The number of nitrogens with zero attached hydrogens (tertiary/aromatic N) is 5. The molecular weight excluding hydrogens is 450 g/mol. The number of benzene rings is 3. The van der Waals surface area contributed by atoms with E-state index < -0.39 is 0 Å². The number of urea groups is 1. The van der Waals surface area contributed by atoms with Gasteiger partial charge in [0, 0.05) is 30.3 Å². The van der Waals surface area contributed by atoms with E-state index in [1.54, 1.807) is 28.9 Å². The Hall–Kier alpha value is -4.04. The molecule has 0 spiro atoms. The van der Waals surface area contributed by atoms with Gasteiger partial charge in [-0.25, -0.2) is 4.79 Å². The standard InChI is InChI=1S/C25H24ClN7O/c26-19-11-13-20(14-12-19)28-25(34)32-16-15-31(17-22(32)18-7-3-1-4-8-18)24-29-23(27)33(30-24)21-9-5-2-6-10-21/h1-14,22H,15-17H2,(H,28,34)(H2,27,29,30). The van der Waals surface area contributed by atoms with E-state index in [9.17, 15) is 4.79 Å². The number of nitrogen functional groups attached to an aromatic ring is 1. The Bertz CT molecular complexity index is 1260. The van der Waals surface area contributed by atoms with Crippen molar-refractivity contribution in [3.63, 3.8) is 0 Å². The summed E-state index contributed by atoms with van der Waals surface area (Å²) in [6.07, 6.45) is 0. The molecule has 1 aliphatic rings. The number of carbonyl (C=O) groups excluding carboxylic acids is 1. The molecule has 3 N–H and O–H groups in total. The van der Waals surface area contributed by atoms with Gasteiger partial charge >= 0.3 is 6.03 Å². The fourth-order valence-corrected chi connectivity index (χ4v) is 4.23. The minimum absolute atomic E-state index is 0.168. The van der Waals surface area contributed by atoms with Crippen LogP contribution in [0.4, 0.5) is 22.4 Å². The van der Waals surface area contributed by atoms with Gasteiger partial charge < -0.3 is 20.9 Å². The van der Waals surface area contributed by atoms with E-state index in [-0.39, 0.29) is 12.1 Å². The molecule has 1 fully saturated rings. The zero-order valence-electron chi connectivity index (χ0n) is 18.4.